The second-order valence-electron chi connectivity index (χ2n) is 6.09. The van der Waals surface area contributed by atoms with E-state index in [1.165, 1.54) is 0 Å². The predicted molar refractivity (Wildman–Crippen MR) is 108 cm³/mol. The monoisotopic (exact) mass is 376 g/mol. The van der Waals surface area contributed by atoms with Crippen molar-refractivity contribution in [3.05, 3.63) is 83.1 Å². The molecule has 0 atom stereocenters. The first-order chi connectivity index (χ1) is 13.2. The highest BCUT2D eigenvalue weighted by Gasteiger charge is 2.18. The summed E-state index contributed by atoms with van der Waals surface area (Å²) in [5, 5.41) is 8.91. The van der Waals surface area contributed by atoms with E-state index in [0.29, 0.717) is 22.8 Å². The number of hydrogen-bond acceptors (Lipinski definition) is 3. The van der Waals surface area contributed by atoms with Gasteiger partial charge in [-0.3, -0.25) is 4.79 Å². The Kier molecular flexibility index (Phi) is 4.60. The van der Waals surface area contributed by atoms with E-state index in [4.69, 9.17) is 11.6 Å². The SMILES string of the molecule is CCc1c(C(=O)Nc2ccc3ccccc3n2)cnn1-c1cccc(Cl)c1. The summed E-state index contributed by atoms with van der Waals surface area (Å²) in [7, 11) is 0. The number of carbonyl (C=O) groups excluding carboxylic acids is 1. The van der Waals surface area contributed by atoms with Crippen LogP contribution in [0.3, 0.4) is 0 Å². The van der Waals surface area contributed by atoms with Crippen molar-refractivity contribution in [2.45, 2.75) is 13.3 Å². The van der Waals surface area contributed by atoms with E-state index in [-0.39, 0.29) is 5.91 Å². The quantitative estimate of drug-likeness (QED) is 0.551. The Hall–Kier alpha value is -3.18. The maximum Gasteiger partial charge on any atom is 0.260 e. The van der Waals surface area contributed by atoms with Gasteiger partial charge in [0.25, 0.3) is 5.91 Å². The minimum absolute atomic E-state index is 0.233. The van der Waals surface area contributed by atoms with Gasteiger partial charge in [0.05, 0.1) is 28.7 Å². The molecular formula is C21H17ClN4O. The molecule has 0 aliphatic heterocycles. The number of para-hydroxylation sites is 1. The smallest absolute Gasteiger partial charge is 0.260 e. The molecule has 0 radical (unpaired) electrons. The van der Waals surface area contributed by atoms with E-state index in [1.807, 2.05) is 55.5 Å². The van der Waals surface area contributed by atoms with Gasteiger partial charge in [-0.2, -0.15) is 5.10 Å². The van der Waals surface area contributed by atoms with Crippen LogP contribution in [-0.2, 0) is 6.42 Å². The Labute approximate surface area is 161 Å². The Balaban J connectivity index is 1.65. The van der Waals surface area contributed by atoms with Crippen LogP contribution in [-0.4, -0.2) is 20.7 Å². The van der Waals surface area contributed by atoms with Gasteiger partial charge in [0.1, 0.15) is 5.82 Å². The molecule has 2 aromatic heterocycles. The molecule has 1 N–H and O–H groups in total. The number of hydrogen-bond donors (Lipinski definition) is 1. The van der Waals surface area contributed by atoms with Crippen molar-refractivity contribution >= 4 is 34.2 Å². The summed E-state index contributed by atoms with van der Waals surface area (Å²) in [6, 6.07) is 18.9. The van der Waals surface area contributed by atoms with Crippen LogP contribution in [0.1, 0.15) is 23.0 Å². The predicted octanol–water partition coefficient (Wildman–Crippen LogP) is 4.89. The molecule has 0 saturated heterocycles. The lowest BCUT2D eigenvalue weighted by Crippen LogP contribution is -2.15. The van der Waals surface area contributed by atoms with Crippen LogP contribution in [0, 0.1) is 0 Å². The van der Waals surface area contributed by atoms with Crippen molar-refractivity contribution in [2.75, 3.05) is 5.32 Å². The molecule has 5 nitrogen and oxygen atoms in total. The van der Waals surface area contributed by atoms with E-state index in [2.05, 4.69) is 15.4 Å². The largest absolute Gasteiger partial charge is 0.306 e. The fraction of sp³-hybridized carbons (Fsp3) is 0.0952. The lowest BCUT2D eigenvalue weighted by Gasteiger charge is -2.09. The second-order valence-corrected chi connectivity index (χ2v) is 6.53. The number of halogens is 1. The van der Waals surface area contributed by atoms with Gasteiger partial charge < -0.3 is 5.32 Å². The normalized spacial score (nSPS) is 10.9. The summed E-state index contributed by atoms with van der Waals surface area (Å²) < 4.78 is 1.74. The van der Waals surface area contributed by atoms with Crippen LogP contribution in [0.2, 0.25) is 5.02 Å². The highest BCUT2D eigenvalue weighted by atomic mass is 35.5. The van der Waals surface area contributed by atoms with Crippen LogP contribution in [0.25, 0.3) is 16.6 Å². The zero-order valence-electron chi connectivity index (χ0n) is 14.7. The highest BCUT2D eigenvalue weighted by Crippen LogP contribution is 2.20. The number of nitrogens with one attached hydrogen (secondary N) is 1. The summed E-state index contributed by atoms with van der Waals surface area (Å²) in [5.74, 6) is 0.277. The molecule has 4 rings (SSSR count). The molecule has 0 fully saturated rings. The minimum atomic E-state index is -0.233. The fourth-order valence-corrected chi connectivity index (χ4v) is 3.24. The summed E-state index contributed by atoms with van der Waals surface area (Å²) in [5.41, 5.74) is 2.99. The van der Waals surface area contributed by atoms with Gasteiger partial charge in [-0.05, 0) is 42.8 Å². The van der Waals surface area contributed by atoms with E-state index in [9.17, 15) is 4.79 Å². The molecule has 134 valence electrons. The molecule has 2 aromatic carbocycles. The molecule has 0 bridgehead atoms. The maximum atomic E-state index is 12.8. The van der Waals surface area contributed by atoms with Gasteiger partial charge in [0.15, 0.2) is 0 Å². The molecule has 4 aromatic rings. The summed E-state index contributed by atoms with van der Waals surface area (Å²) in [6.07, 6.45) is 2.23. The lowest BCUT2D eigenvalue weighted by atomic mass is 10.2. The Morgan fingerprint density at radius 2 is 1.96 bits per heavy atom. The van der Waals surface area contributed by atoms with E-state index in [0.717, 1.165) is 22.3 Å². The lowest BCUT2D eigenvalue weighted by molar-refractivity contribution is 0.102. The van der Waals surface area contributed by atoms with Crippen LogP contribution < -0.4 is 5.32 Å². The molecule has 0 unspecified atom stereocenters. The van der Waals surface area contributed by atoms with Crippen molar-refractivity contribution < 1.29 is 4.79 Å². The maximum absolute atomic E-state index is 12.8. The first kappa shape index (κ1) is 17.2. The average Bonchev–Trinajstić information content (AvgIpc) is 3.12. The van der Waals surface area contributed by atoms with Crippen molar-refractivity contribution in [2.24, 2.45) is 0 Å². The van der Waals surface area contributed by atoms with Crippen molar-refractivity contribution in [1.82, 2.24) is 14.8 Å². The zero-order chi connectivity index (χ0) is 18.8. The molecule has 27 heavy (non-hydrogen) atoms. The number of benzene rings is 2. The van der Waals surface area contributed by atoms with Gasteiger partial charge in [0.2, 0.25) is 0 Å². The van der Waals surface area contributed by atoms with Crippen LogP contribution in [0.15, 0.2) is 66.9 Å². The first-order valence-corrected chi connectivity index (χ1v) is 9.03. The van der Waals surface area contributed by atoms with Crippen molar-refractivity contribution in [1.29, 1.82) is 0 Å². The standard InChI is InChI=1S/C21H17ClN4O/c1-2-19-17(13-23-26(19)16-8-5-7-15(22)12-16)21(27)25-20-11-10-14-6-3-4-9-18(14)24-20/h3-13H,2H2,1H3,(H,24,25,27). The number of rotatable bonds is 4. The molecular weight excluding hydrogens is 360 g/mol. The summed E-state index contributed by atoms with van der Waals surface area (Å²) in [4.78, 5) is 17.3. The van der Waals surface area contributed by atoms with Crippen molar-refractivity contribution in [3.63, 3.8) is 0 Å². The third-order valence-electron chi connectivity index (χ3n) is 4.34. The molecule has 6 heteroatoms. The summed E-state index contributed by atoms with van der Waals surface area (Å²) >= 11 is 6.09. The van der Waals surface area contributed by atoms with E-state index in [1.54, 1.807) is 23.0 Å². The average molecular weight is 377 g/mol. The number of anilines is 1. The third-order valence-corrected chi connectivity index (χ3v) is 4.58. The van der Waals surface area contributed by atoms with E-state index < -0.39 is 0 Å². The number of nitrogens with zero attached hydrogens (tertiary/aromatic N) is 3. The molecule has 0 saturated carbocycles. The van der Waals surface area contributed by atoms with Gasteiger partial charge in [-0.25, -0.2) is 9.67 Å². The second kappa shape index (κ2) is 7.21. The molecule has 0 spiro atoms. The first-order valence-electron chi connectivity index (χ1n) is 8.65. The molecule has 2 heterocycles. The number of pyridine rings is 1. The fourth-order valence-electron chi connectivity index (χ4n) is 3.05. The van der Waals surface area contributed by atoms with Crippen LogP contribution >= 0.6 is 11.6 Å². The van der Waals surface area contributed by atoms with Gasteiger partial charge >= 0.3 is 0 Å². The highest BCUT2D eigenvalue weighted by molar-refractivity contribution is 6.30. The topological polar surface area (TPSA) is 59.8 Å². The minimum Gasteiger partial charge on any atom is -0.306 e. The Bertz CT molecular complexity index is 1140. The number of aromatic nitrogens is 3. The Morgan fingerprint density at radius 1 is 1.11 bits per heavy atom. The van der Waals surface area contributed by atoms with Crippen molar-refractivity contribution in [3.8, 4) is 5.69 Å². The van der Waals surface area contributed by atoms with Gasteiger partial charge in [0, 0.05) is 10.4 Å². The Morgan fingerprint density at radius 3 is 2.78 bits per heavy atom. The van der Waals surface area contributed by atoms with Crippen LogP contribution in [0.4, 0.5) is 5.82 Å². The third kappa shape index (κ3) is 3.41. The number of carbonyl (C=O) groups is 1. The van der Waals surface area contributed by atoms with Gasteiger partial charge in [-0.1, -0.05) is 42.8 Å². The molecule has 0 aliphatic carbocycles. The van der Waals surface area contributed by atoms with Gasteiger partial charge in [-0.15, -0.1) is 0 Å². The molecule has 0 aliphatic rings. The number of fused-ring (bicyclic) bond motifs is 1. The summed E-state index contributed by atoms with van der Waals surface area (Å²) in [6.45, 7) is 1.99. The molecule has 1 amide bonds. The zero-order valence-corrected chi connectivity index (χ0v) is 15.4. The van der Waals surface area contributed by atoms with E-state index >= 15 is 0 Å². The number of amides is 1. The van der Waals surface area contributed by atoms with Crippen LogP contribution in [0.5, 0.6) is 0 Å².